The van der Waals surface area contributed by atoms with Crippen molar-refractivity contribution in [1.82, 2.24) is 0 Å². The molecule has 1 atom stereocenters. The highest BCUT2D eigenvalue weighted by Crippen LogP contribution is 2.17. The molecule has 58 valence electrons. The van der Waals surface area contributed by atoms with Gasteiger partial charge in [0.2, 0.25) is 0 Å². The van der Waals surface area contributed by atoms with Crippen molar-refractivity contribution in [1.29, 1.82) is 0 Å². The summed E-state index contributed by atoms with van der Waals surface area (Å²) >= 11 is 0. The molecule has 0 amide bonds. The summed E-state index contributed by atoms with van der Waals surface area (Å²) in [5.74, 6) is 1.56. The first-order valence-corrected chi connectivity index (χ1v) is 3.96. The van der Waals surface area contributed by atoms with Crippen LogP contribution in [0.4, 0.5) is 0 Å². The third kappa shape index (κ3) is 1.49. The summed E-state index contributed by atoms with van der Waals surface area (Å²) in [6, 6.07) is 0. The molecule has 0 fully saturated rings. The predicted octanol–water partition coefficient (Wildman–Crippen LogP) is 1.85. The summed E-state index contributed by atoms with van der Waals surface area (Å²) in [4.78, 5) is 4.29. The lowest BCUT2D eigenvalue weighted by atomic mass is 9.98. The van der Waals surface area contributed by atoms with Gasteiger partial charge in [0.25, 0.3) is 0 Å². The van der Waals surface area contributed by atoms with Crippen molar-refractivity contribution in [3.63, 3.8) is 0 Å². The Bertz CT molecular complexity index is 131. The highest BCUT2D eigenvalue weighted by Gasteiger charge is 2.17. The number of aliphatic imine (C=N–C) groups is 1. The fourth-order valence-corrected chi connectivity index (χ4v) is 1.39. The zero-order valence-corrected chi connectivity index (χ0v) is 6.76. The molecule has 1 aliphatic rings. The van der Waals surface area contributed by atoms with Crippen molar-refractivity contribution < 1.29 is 4.74 Å². The molecule has 0 aromatic heterocycles. The molecule has 2 nitrogen and oxygen atoms in total. The monoisotopic (exact) mass is 141 g/mol. The van der Waals surface area contributed by atoms with Crippen molar-refractivity contribution in [2.45, 2.75) is 26.2 Å². The molecule has 1 heterocycles. The van der Waals surface area contributed by atoms with Crippen LogP contribution in [-0.4, -0.2) is 19.6 Å². The van der Waals surface area contributed by atoms with E-state index in [4.69, 9.17) is 4.74 Å². The molecular formula is C8H15NO. The lowest BCUT2D eigenvalue weighted by molar-refractivity contribution is 0.340. The van der Waals surface area contributed by atoms with Gasteiger partial charge < -0.3 is 4.74 Å². The smallest absolute Gasteiger partial charge is 0.186 e. The first kappa shape index (κ1) is 7.58. The average Bonchev–Trinajstić information content (AvgIpc) is 2.04. The van der Waals surface area contributed by atoms with Crippen LogP contribution in [0.5, 0.6) is 0 Å². The molecule has 0 saturated heterocycles. The largest absolute Gasteiger partial charge is 0.484 e. The van der Waals surface area contributed by atoms with Crippen LogP contribution < -0.4 is 0 Å². The van der Waals surface area contributed by atoms with Gasteiger partial charge >= 0.3 is 0 Å². The molecule has 0 saturated carbocycles. The Hall–Kier alpha value is -0.530. The Morgan fingerprint density at radius 2 is 2.50 bits per heavy atom. The van der Waals surface area contributed by atoms with Gasteiger partial charge in [0, 0.05) is 12.5 Å². The summed E-state index contributed by atoms with van der Waals surface area (Å²) in [5.41, 5.74) is 0. The van der Waals surface area contributed by atoms with Crippen molar-refractivity contribution in [2.24, 2.45) is 10.9 Å². The molecule has 0 aromatic rings. The molecule has 0 aromatic carbocycles. The van der Waals surface area contributed by atoms with Gasteiger partial charge in [-0.05, 0) is 19.3 Å². The second kappa shape index (κ2) is 3.59. The van der Waals surface area contributed by atoms with Crippen LogP contribution in [0, 0.1) is 5.92 Å². The molecule has 2 heteroatoms. The summed E-state index contributed by atoms with van der Waals surface area (Å²) < 4.78 is 5.14. The maximum atomic E-state index is 5.14. The van der Waals surface area contributed by atoms with E-state index in [0.717, 1.165) is 18.9 Å². The molecule has 0 aliphatic carbocycles. The lowest BCUT2D eigenvalue weighted by Gasteiger charge is -2.19. The maximum absolute atomic E-state index is 5.14. The van der Waals surface area contributed by atoms with E-state index in [1.165, 1.54) is 12.8 Å². The Labute approximate surface area is 62.3 Å². The Morgan fingerprint density at radius 3 is 3.00 bits per heavy atom. The summed E-state index contributed by atoms with van der Waals surface area (Å²) in [6.07, 6.45) is 3.64. The van der Waals surface area contributed by atoms with Gasteiger partial charge in [0.05, 0.1) is 7.11 Å². The minimum atomic E-state index is 0.596. The van der Waals surface area contributed by atoms with Crippen molar-refractivity contribution in [3.05, 3.63) is 0 Å². The average molecular weight is 141 g/mol. The van der Waals surface area contributed by atoms with E-state index in [0.29, 0.717) is 5.92 Å². The molecule has 1 aliphatic heterocycles. The van der Waals surface area contributed by atoms with Gasteiger partial charge in [0.15, 0.2) is 5.90 Å². The van der Waals surface area contributed by atoms with Crippen LogP contribution in [0.25, 0.3) is 0 Å². The number of hydrogen-bond acceptors (Lipinski definition) is 2. The summed E-state index contributed by atoms with van der Waals surface area (Å²) in [6.45, 7) is 3.14. The highest BCUT2D eigenvalue weighted by molar-refractivity contribution is 5.79. The molecule has 0 radical (unpaired) electrons. The van der Waals surface area contributed by atoms with E-state index in [1.54, 1.807) is 7.11 Å². The number of rotatable bonds is 1. The second-order valence-electron chi connectivity index (χ2n) is 2.67. The molecule has 1 unspecified atom stereocenters. The normalized spacial score (nSPS) is 25.8. The first-order valence-electron chi connectivity index (χ1n) is 3.96. The van der Waals surface area contributed by atoms with E-state index >= 15 is 0 Å². The molecule has 10 heavy (non-hydrogen) atoms. The van der Waals surface area contributed by atoms with E-state index in [9.17, 15) is 0 Å². The van der Waals surface area contributed by atoms with Gasteiger partial charge in [-0.25, -0.2) is 0 Å². The Kier molecular flexibility index (Phi) is 2.72. The second-order valence-corrected chi connectivity index (χ2v) is 2.67. The Balaban J connectivity index is 2.53. The SMILES string of the molecule is CCC1CCCN=C1OC. The van der Waals surface area contributed by atoms with Gasteiger partial charge in [-0.3, -0.25) is 4.99 Å². The third-order valence-corrected chi connectivity index (χ3v) is 2.03. The summed E-state index contributed by atoms with van der Waals surface area (Å²) in [7, 11) is 1.72. The van der Waals surface area contributed by atoms with E-state index in [-0.39, 0.29) is 0 Å². The van der Waals surface area contributed by atoms with Crippen LogP contribution in [0.1, 0.15) is 26.2 Å². The van der Waals surface area contributed by atoms with Gasteiger partial charge in [-0.15, -0.1) is 0 Å². The van der Waals surface area contributed by atoms with Crippen LogP contribution >= 0.6 is 0 Å². The molecule has 0 bridgehead atoms. The minimum absolute atomic E-state index is 0.596. The first-order chi connectivity index (χ1) is 4.88. The predicted molar refractivity (Wildman–Crippen MR) is 42.3 cm³/mol. The van der Waals surface area contributed by atoms with E-state index in [2.05, 4.69) is 11.9 Å². The Morgan fingerprint density at radius 1 is 1.70 bits per heavy atom. The topological polar surface area (TPSA) is 21.6 Å². The number of nitrogens with zero attached hydrogens (tertiary/aromatic N) is 1. The van der Waals surface area contributed by atoms with Crippen molar-refractivity contribution in [3.8, 4) is 0 Å². The van der Waals surface area contributed by atoms with Crippen molar-refractivity contribution in [2.75, 3.05) is 13.7 Å². The molecule has 0 N–H and O–H groups in total. The van der Waals surface area contributed by atoms with E-state index in [1.807, 2.05) is 0 Å². The number of hydrogen-bond donors (Lipinski definition) is 0. The zero-order chi connectivity index (χ0) is 7.40. The van der Waals surface area contributed by atoms with Crippen LogP contribution in [0.15, 0.2) is 4.99 Å². The van der Waals surface area contributed by atoms with Crippen LogP contribution in [0.3, 0.4) is 0 Å². The third-order valence-electron chi connectivity index (χ3n) is 2.03. The van der Waals surface area contributed by atoms with Crippen molar-refractivity contribution >= 4 is 5.90 Å². The fourth-order valence-electron chi connectivity index (χ4n) is 1.39. The van der Waals surface area contributed by atoms with Gasteiger partial charge in [0.1, 0.15) is 0 Å². The fraction of sp³-hybridized carbons (Fsp3) is 0.875. The zero-order valence-electron chi connectivity index (χ0n) is 6.76. The van der Waals surface area contributed by atoms with E-state index < -0.39 is 0 Å². The molecular weight excluding hydrogens is 126 g/mol. The van der Waals surface area contributed by atoms with Crippen LogP contribution in [-0.2, 0) is 4.74 Å². The quantitative estimate of drug-likeness (QED) is 0.546. The highest BCUT2D eigenvalue weighted by atomic mass is 16.5. The maximum Gasteiger partial charge on any atom is 0.186 e. The van der Waals surface area contributed by atoms with Crippen LogP contribution in [0.2, 0.25) is 0 Å². The summed E-state index contributed by atoms with van der Waals surface area (Å²) in [5, 5.41) is 0. The van der Waals surface area contributed by atoms with Gasteiger partial charge in [-0.2, -0.15) is 0 Å². The molecule has 0 spiro atoms. The minimum Gasteiger partial charge on any atom is -0.484 e. The standard InChI is InChI=1S/C8H15NO/c1-3-7-5-4-6-9-8(7)10-2/h7H,3-6H2,1-2H3. The number of methoxy groups -OCH3 is 1. The van der Waals surface area contributed by atoms with Gasteiger partial charge in [-0.1, -0.05) is 6.92 Å². The number of ether oxygens (including phenoxy) is 1. The lowest BCUT2D eigenvalue weighted by Crippen LogP contribution is -2.20. The molecule has 1 rings (SSSR count).